The molecule has 0 radical (unpaired) electrons. The molecule has 0 aliphatic carbocycles. The molecule has 2 aromatic rings. The normalized spacial score (nSPS) is 23.6. The van der Waals surface area contributed by atoms with Gasteiger partial charge in [0.15, 0.2) is 0 Å². The molecule has 0 aromatic heterocycles. The summed E-state index contributed by atoms with van der Waals surface area (Å²) in [5.41, 5.74) is 7.57. The topological polar surface area (TPSA) is 29.3 Å². The molecule has 0 bridgehead atoms. The Balaban J connectivity index is 1.82. The maximum Gasteiger partial charge on any atom is 0.130 e. The van der Waals surface area contributed by atoms with Gasteiger partial charge in [0, 0.05) is 36.7 Å². The van der Waals surface area contributed by atoms with Crippen molar-refractivity contribution in [2.24, 2.45) is 5.73 Å². The van der Waals surface area contributed by atoms with Gasteiger partial charge in [-0.3, -0.25) is 4.90 Å². The second kappa shape index (κ2) is 6.15. The minimum atomic E-state index is -0.496. The van der Waals surface area contributed by atoms with Crippen molar-refractivity contribution in [3.05, 3.63) is 71.3 Å². The van der Waals surface area contributed by atoms with Crippen LogP contribution in [0.5, 0.6) is 0 Å². The van der Waals surface area contributed by atoms with E-state index in [1.54, 1.807) is 0 Å². The van der Waals surface area contributed by atoms with E-state index in [0.717, 1.165) is 0 Å². The highest BCUT2D eigenvalue weighted by Crippen LogP contribution is 2.34. The van der Waals surface area contributed by atoms with E-state index in [1.165, 1.54) is 23.8 Å². The number of nitrogens with zero attached hydrogens (tertiary/aromatic N) is 1. The van der Waals surface area contributed by atoms with Crippen molar-refractivity contribution in [3.8, 4) is 0 Å². The summed E-state index contributed by atoms with van der Waals surface area (Å²) in [5.74, 6) is -0.799. The van der Waals surface area contributed by atoms with E-state index in [-0.39, 0.29) is 23.6 Å². The van der Waals surface area contributed by atoms with Crippen LogP contribution in [0.1, 0.15) is 30.0 Å². The highest BCUT2D eigenvalue weighted by Gasteiger charge is 2.35. The number of hydrogen-bond acceptors (Lipinski definition) is 2. The minimum Gasteiger partial charge on any atom is -0.326 e. The van der Waals surface area contributed by atoms with Crippen LogP contribution in [0, 0.1) is 11.6 Å². The Morgan fingerprint density at radius 3 is 2.27 bits per heavy atom. The summed E-state index contributed by atoms with van der Waals surface area (Å²) in [6.45, 7) is 3.18. The number of halogens is 2. The number of nitrogens with two attached hydrogens (primary N) is 1. The van der Waals surface area contributed by atoms with Gasteiger partial charge in [0.25, 0.3) is 0 Å². The fraction of sp³-hybridized carbons (Fsp3) is 0.333. The van der Waals surface area contributed by atoms with E-state index in [2.05, 4.69) is 17.0 Å². The molecule has 0 saturated carbocycles. The number of rotatable bonds is 3. The summed E-state index contributed by atoms with van der Waals surface area (Å²) in [7, 11) is 0. The summed E-state index contributed by atoms with van der Waals surface area (Å²) in [6, 6.07) is 13.7. The van der Waals surface area contributed by atoms with Crippen molar-refractivity contribution in [3.63, 3.8) is 0 Å². The molecule has 1 unspecified atom stereocenters. The van der Waals surface area contributed by atoms with Crippen LogP contribution in [0.25, 0.3) is 0 Å². The monoisotopic (exact) mass is 302 g/mol. The molecule has 3 atom stereocenters. The van der Waals surface area contributed by atoms with Gasteiger partial charge in [-0.05, 0) is 24.6 Å². The van der Waals surface area contributed by atoms with Gasteiger partial charge in [-0.25, -0.2) is 8.78 Å². The Labute approximate surface area is 129 Å². The van der Waals surface area contributed by atoms with Crippen molar-refractivity contribution in [2.45, 2.75) is 24.9 Å². The van der Waals surface area contributed by atoms with Gasteiger partial charge >= 0.3 is 0 Å². The Bertz CT molecular complexity index is 625. The van der Waals surface area contributed by atoms with E-state index in [1.807, 2.05) is 25.1 Å². The maximum absolute atomic E-state index is 14.0. The van der Waals surface area contributed by atoms with Gasteiger partial charge in [-0.1, -0.05) is 36.4 Å². The van der Waals surface area contributed by atoms with Crippen LogP contribution in [0.4, 0.5) is 8.78 Å². The van der Waals surface area contributed by atoms with Crippen LogP contribution in [-0.2, 0) is 0 Å². The Morgan fingerprint density at radius 2 is 1.64 bits per heavy atom. The molecule has 2 nitrogen and oxygen atoms in total. The smallest absolute Gasteiger partial charge is 0.130 e. The van der Waals surface area contributed by atoms with Gasteiger partial charge in [0.2, 0.25) is 0 Å². The van der Waals surface area contributed by atoms with Gasteiger partial charge in [0.05, 0.1) is 0 Å². The third kappa shape index (κ3) is 2.76. The molecule has 2 N–H and O–H groups in total. The second-order valence-electron chi connectivity index (χ2n) is 5.95. The first-order chi connectivity index (χ1) is 10.6. The van der Waals surface area contributed by atoms with Crippen LogP contribution in [0.15, 0.2) is 48.5 Å². The fourth-order valence-corrected chi connectivity index (χ4v) is 3.32. The molecule has 0 amide bonds. The molecular formula is C18H20F2N2. The van der Waals surface area contributed by atoms with Gasteiger partial charge in [0.1, 0.15) is 11.6 Å². The fourth-order valence-electron chi connectivity index (χ4n) is 3.32. The molecule has 0 spiro atoms. The van der Waals surface area contributed by atoms with E-state index in [9.17, 15) is 8.78 Å². The van der Waals surface area contributed by atoms with Crippen molar-refractivity contribution < 1.29 is 8.78 Å². The third-order valence-electron chi connectivity index (χ3n) is 4.59. The molecule has 1 saturated heterocycles. The molecule has 1 fully saturated rings. The first-order valence-corrected chi connectivity index (χ1v) is 7.56. The second-order valence-corrected chi connectivity index (χ2v) is 5.95. The van der Waals surface area contributed by atoms with E-state index < -0.39 is 11.6 Å². The first-order valence-electron chi connectivity index (χ1n) is 7.56. The summed E-state index contributed by atoms with van der Waals surface area (Å²) in [6.07, 6.45) is 0. The quantitative estimate of drug-likeness (QED) is 0.941. The van der Waals surface area contributed by atoms with Crippen molar-refractivity contribution in [2.75, 3.05) is 13.1 Å². The molecule has 116 valence electrons. The zero-order valence-corrected chi connectivity index (χ0v) is 12.5. The van der Waals surface area contributed by atoms with E-state index >= 15 is 0 Å². The highest BCUT2D eigenvalue weighted by molar-refractivity contribution is 5.26. The zero-order chi connectivity index (χ0) is 15.7. The summed E-state index contributed by atoms with van der Waals surface area (Å²) in [5, 5.41) is 0. The lowest BCUT2D eigenvalue weighted by Crippen LogP contribution is -2.30. The maximum atomic E-state index is 14.0. The lowest BCUT2D eigenvalue weighted by Gasteiger charge is -2.25. The van der Waals surface area contributed by atoms with E-state index in [4.69, 9.17) is 5.73 Å². The predicted octanol–water partition coefficient (Wildman–Crippen LogP) is 3.45. The highest BCUT2D eigenvalue weighted by atomic mass is 19.1. The van der Waals surface area contributed by atoms with Crippen LogP contribution >= 0.6 is 0 Å². The standard InChI is InChI=1S/C18H20F2N2/c1-12(18-15(19)8-5-9-16(18)20)22-10-14(17(21)11-22)13-6-3-2-4-7-13/h2-9,12,14,17H,10-11,21H2,1H3/t12?,14-,17+/m0/s1. The molecular weight excluding hydrogens is 282 g/mol. The van der Waals surface area contributed by atoms with E-state index in [0.29, 0.717) is 13.1 Å². The van der Waals surface area contributed by atoms with Gasteiger partial charge < -0.3 is 5.73 Å². The third-order valence-corrected chi connectivity index (χ3v) is 4.59. The Hall–Kier alpha value is -1.78. The Morgan fingerprint density at radius 1 is 1.00 bits per heavy atom. The lowest BCUT2D eigenvalue weighted by molar-refractivity contribution is 0.246. The molecule has 1 aliphatic rings. The van der Waals surface area contributed by atoms with Gasteiger partial charge in [-0.15, -0.1) is 0 Å². The van der Waals surface area contributed by atoms with Crippen LogP contribution in [-0.4, -0.2) is 24.0 Å². The van der Waals surface area contributed by atoms with Crippen molar-refractivity contribution in [1.82, 2.24) is 4.90 Å². The van der Waals surface area contributed by atoms with Crippen LogP contribution in [0.3, 0.4) is 0 Å². The number of likely N-dealkylation sites (tertiary alicyclic amines) is 1. The zero-order valence-electron chi connectivity index (χ0n) is 12.5. The predicted molar refractivity (Wildman–Crippen MR) is 83.5 cm³/mol. The number of benzene rings is 2. The SMILES string of the molecule is CC(c1c(F)cccc1F)N1C[C@@H](N)[C@H](c2ccccc2)C1. The molecule has 1 heterocycles. The minimum absolute atomic E-state index is 0.0281. The first kappa shape index (κ1) is 15.1. The summed E-state index contributed by atoms with van der Waals surface area (Å²) >= 11 is 0. The average Bonchev–Trinajstić information content (AvgIpc) is 2.90. The lowest BCUT2D eigenvalue weighted by atomic mass is 9.95. The number of hydrogen-bond donors (Lipinski definition) is 1. The van der Waals surface area contributed by atoms with Crippen LogP contribution in [0.2, 0.25) is 0 Å². The molecule has 2 aromatic carbocycles. The van der Waals surface area contributed by atoms with Crippen molar-refractivity contribution in [1.29, 1.82) is 0 Å². The van der Waals surface area contributed by atoms with Crippen molar-refractivity contribution >= 4 is 0 Å². The molecule has 3 rings (SSSR count). The largest absolute Gasteiger partial charge is 0.326 e. The van der Waals surface area contributed by atoms with Crippen LogP contribution < -0.4 is 5.73 Å². The molecule has 4 heteroatoms. The molecule has 22 heavy (non-hydrogen) atoms. The summed E-state index contributed by atoms with van der Waals surface area (Å²) < 4.78 is 27.9. The molecule has 1 aliphatic heterocycles. The summed E-state index contributed by atoms with van der Waals surface area (Å²) in [4.78, 5) is 2.06. The Kier molecular flexibility index (Phi) is 4.23. The van der Waals surface area contributed by atoms with Gasteiger partial charge in [-0.2, -0.15) is 0 Å². The average molecular weight is 302 g/mol.